The molecule has 0 saturated heterocycles. The molecule has 2 rings (SSSR count). The van der Waals surface area contributed by atoms with Crippen molar-refractivity contribution in [2.24, 2.45) is 0 Å². The van der Waals surface area contributed by atoms with E-state index in [2.05, 4.69) is 8.83 Å². The second-order valence-corrected chi connectivity index (χ2v) is 3.50. The van der Waals surface area contributed by atoms with Crippen molar-refractivity contribution in [2.45, 2.75) is 6.61 Å². The van der Waals surface area contributed by atoms with Crippen LogP contribution in [0.2, 0.25) is 0 Å². The van der Waals surface area contributed by atoms with E-state index in [1.54, 1.807) is 0 Å². The van der Waals surface area contributed by atoms with Crippen molar-refractivity contribution in [3.8, 4) is 0 Å². The van der Waals surface area contributed by atoms with Gasteiger partial charge in [0.1, 0.15) is 12.4 Å². The molecule has 2 heterocycles. The molecule has 0 saturated carbocycles. The largest absolute Gasteiger partial charge is 0.475 e. The Morgan fingerprint density at radius 3 is 1.38 bits per heavy atom. The first-order valence-electron chi connectivity index (χ1n) is 5.34. The monoisotopic (exact) mass is 298 g/mol. The summed E-state index contributed by atoms with van der Waals surface area (Å²) in [6.45, 7) is -0.271. The lowest BCUT2D eigenvalue weighted by Crippen LogP contribution is -1.94. The average Bonchev–Trinajstić information content (AvgIpc) is 3.08. The van der Waals surface area contributed by atoms with E-state index in [9.17, 15) is 14.4 Å². The van der Waals surface area contributed by atoms with Gasteiger partial charge in [-0.15, -0.1) is 0 Å². The normalized spacial score (nSPS) is 9.57. The van der Waals surface area contributed by atoms with Crippen LogP contribution in [0.1, 0.15) is 37.4 Å². The fourth-order valence-electron chi connectivity index (χ4n) is 1.15. The topological polar surface area (TPSA) is 158 Å². The number of carboxylic acid groups (broad SMARTS) is 3. The fourth-order valence-corrected chi connectivity index (χ4v) is 1.15. The molecular weight excluding hydrogens is 288 g/mol. The molecule has 9 heteroatoms. The predicted molar refractivity (Wildman–Crippen MR) is 64.2 cm³/mol. The van der Waals surface area contributed by atoms with E-state index in [0.29, 0.717) is 0 Å². The minimum atomic E-state index is -1.28. The molecule has 0 aliphatic heterocycles. The lowest BCUT2D eigenvalue weighted by molar-refractivity contribution is 0.0625. The molecule has 0 radical (unpaired) electrons. The van der Waals surface area contributed by atoms with E-state index in [4.69, 9.17) is 20.4 Å². The molecule has 2 aromatic rings. The number of carboxylic acids is 3. The highest BCUT2D eigenvalue weighted by Crippen LogP contribution is 2.07. The van der Waals surface area contributed by atoms with E-state index >= 15 is 0 Å². The maximum atomic E-state index is 10.2. The van der Waals surface area contributed by atoms with Crippen LogP contribution < -0.4 is 0 Å². The van der Waals surface area contributed by atoms with Gasteiger partial charge in [0.2, 0.25) is 17.3 Å². The van der Waals surface area contributed by atoms with Gasteiger partial charge in [0.15, 0.2) is 0 Å². The predicted octanol–water partition coefficient (Wildman–Crippen LogP) is 1.15. The van der Waals surface area contributed by atoms with E-state index < -0.39 is 17.9 Å². The zero-order valence-corrected chi connectivity index (χ0v) is 10.3. The van der Waals surface area contributed by atoms with Gasteiger partial charge in [-0.05, 0) is 24.3 Å². The summed E-state index contributed by atoms with van der Waals surface area (Å²) in [6, 6.07) is 4.90. The summed E-state index contributed by atoms with van der Waals surface area (Å²) < 4.78 is 9.05. The number of furan rings is 2. The smallest absolute Gasteiger partial charge is 0.371 e. The van der Waals surface area contributed by atoms with E-state index in [-0.39, 0.29) is 29.6 Å². The molecule has 0 aromatic carbocycles. The first-order valence-corrected chi connectivity index (χ1v) is 5.34. The minimum Gasteiger partial charge on any atom is -0.475 e. The first-order chi connectivity index (χ1) is 9.85. The molecule has 21 heavy (non-hydrogen) atoms. The fraction of sp³-hybridized carbons (Fsp3) is 0.0833. The van der Waals surface area contributed by atoms with Crippen molar-refractivity contribution < 1.29 is 43.6 Å². The highest BCUT2D eigenvalue weighted by molar-refractivity contribution is 5.88. The van der Waals surface area contributed by atoms with Crippen molar-refractivity contribution in [1.82, 2.24) is 0 Å². The van der Waals surface area contributed by atoms with Crippen LogP contribution in [0.15, 0.2) is 33.1 Å². The first kappa shape index (κ1) is 16.0. The second kappa shape index (κ2) is 6.91. The Hall–Kier alpha value is -3.07. The molecule has 9 nitrogen and oxygen atoms in total. The maximum absolute atomic E-state index is 10.2. The van der Waals surface area contributed by atoms with Crippen LogP contribution in [0.4, 0.5) is 0 Å². The Morgan fingerprint density at radius 2 is 1.14 bits per heavy atom. The number of hydrogen-bond donors (Lipinski definition) is 4. The molecule has 2 aromatic heterocycles. The number of aliphatic hydroxyl groups is 1. The highest BCUT2D eigenvalue weighted by Gasteiger charge is 2.12. The third-order valence-electron chi connectivity index (χ3n) is 2.06. The summed E-state index contributed by atoms with van der Waals surface area (Å²) >= 11 is 0. The number of rotatable bonds is 4. The van der Waals surface area contributed by atoms with Crippen LogP contribution >= 0.6 is 0 Å². The molecule has 0 atom stereocenters. The molecule has 0 aliphatic carbocycles. The summed E-state index contributed by atoms with van der Waals surface area (Å²) in [7, 11) is 0. The van der Waals surface area contributed by atoms with Crippen LogP contribution in [0.5, 0.6) is 0 Å². The van der Waals surface area contributed by atoms with Gasteiger partial charge in [0.25, 0.3) is 0 Å². The van der Waals surface area contributed by atoms with Crippen LogP contribution in [-0.2, 0) is 6.61 Å². The van der Waals surface area contributed by atoms with Crippen molar-refractivity contribution in [2.75, 3.05) is 0 Å². The third-order valence-corrected chi connectivity index (χ3v) is 2.06. The molecule has 0 spiro atoms. The maximum Gasteiger partial charge on any atom is 0.371 e. The van der Waals surface area contributed by atoms with Crippen molar-refractivity contribution in [3.05, 3.63) is 47.3 Å². The summed E-state index contributed by atoms with van der Waals surface area (Å²) in [5, 5.41) is 33.4. The lowest BCUT2D eigenvalue weighted by atomic mass is 10.4. The summed E-state index contributed by atoms with van der Waals surface area (Å²) in [5.41, 5.74) is 0. The zero-order chi connectivity index (χ0) is 16.0. The molecule has 0 unspecified atom stereocenters. The highest BCUT2D eigenvalue weighted by atomic mass is 16.4. The number of hydrogen-bond acceptors (Lipinski definition) is 6. The second-order valence-electron chi connectivity index (χ2n) is 3.50. The van der Waals surface area contributed by atoms with Gasteiger partial charge in [-0.3, -0.25) is 0 Å². The van der Waals surface area contributed by atoms with Gasteiger partial charge in [-0.1, -0.05) is 0 Å². The van der Waals surface area contributed by atoms with Gasteiger partial charge in [0, 0.05) is 0 Å². The molecule has 112 valence electrons. The Morgan fingerprint density at radius 1 is 0.762 bits per heavy atom. The Balaban J connectivity index is 0.000000211. The van der Waals surface area contributed by atoms with Crippen LogP contribution in [0.3, 0.4) is 0 Å². The molecule has 0 fully saturated rings. The Bertz CT molecular complexity index is 621. The SMILES string of the molecule is O=C(O)c1ccc(C(=O)O)o1.O=C(O)c1ccc(CO)o1. The van der Waals surface area contributed by atoms with Crippen molar-refractivity contribution >= 4 is 17.9 Å². The molecular formula is C12H10O9. The van der Waals surface area contributed by atoms with Gasteiger partial charge >= 0.3 is 17.9 Å². The van der Waals surface area contributed by atoms with Gasteiger partial charge < -0.3 is 29.3 Å². The summed E-state index contributed by atoms with van der Waals surface area (Å²) in [6.07, 6.45) is 0. The summed E-state index contributed by atoms with van der Waals surface area (Å²) in [5.74, 6) is -4.32. The van der Waals surface area contributed by atoms with E-state index in [0.717, 1.165) is 12.1 Å². The molecule has 0 aliphatic rings. The zero-order valence-electron chi connectivity index (χ0n) is 10.3. The minimum absolute atomic E-state index is 0.149. The van der Waals surface area contributed by atoms with Crippen LogP contribution in [-0.4, -0.2) is 38.3 Å². The van der Waals surface area contributed by atoms with Gasteiger partial charge in [-0.25, -0.2) is 14.4 Å². The summed E-state index contributed by atoms with van der Waals surface area (Å²) in [4.78, 5) is 30.5. The molecule has 4 N–H and O–H groups in total. The quantitative estimate of drug-likeness (QED) is 0.649. The van der Waals surface area contributed by atoms with Gasteiger partial charge in [0.05, 0.1) is 0 Å². The van der Waals surface area contributed by atoms with Crippen LogP contribution in [0, 0.1) is 0 Å². The van der Waals surface area contributed by atoms with Crippen molar-refractivity contribution in [3.63, 3.8) is 0 Å². The van der Waals surface area contributed by atoms with E-state index in [1.165, 1.54) is 12.1 Å². The Kier molecular flexibility index (Phi) is 5.26. The lowest BCUT2D eigenvalue weighted by Gasteiger charge is -1.85. The standard InChI is InChI=1S/C6H4O5.C6H6O4/c7-5(8)3-1-2-4(11-3)6(9)10;7-3-4-1-2-5(10-4)6(8)9/h1-2H,(H,7,8)(H,9,10);1-2,7H,3H2,(H,8,9). The van der Waals surface area contributed by atoms with Gasteiger partial charge in [-0.2, -0.15) is 0 Å². The average molecular weight is 298 g/mol. The third kappa shape index (κ3) is 4.51. The van der Waals surface area contributed by atoms with E-state index in [1.807, 2.05) is 0 Å². The van der Waals surface area contributed by atoms with Crippen molar-refractivity contribution in [1.29, 1.82) is 0 Å². The number of aromatic carboxylic acids is 3. The van der Waals surface area contributed by atoms with Crippen LogP contribution in [0.25, 0.3) is 0 Å². The molecule has 0 amide bonds. The Labute approximate surface area is 116 Å². The number of aliphatic hydroxyl groups excluding tert-OH is 1. The molecule has 0 bridgehead atoms. The number of carbonyl (C=O) groups is 3.